The Hall–Kier alpha value is -2.76. The Morgan fingerprint density at radius 1 is 1.03 bits per heavy atom. The Labute approximate surface area is 168 Å². The number of imide groups is 1. The normalized spacial score (nSPS) is 34.6. The molecule has 5 aliphatic rings. The van der Waals surface area contributed by atoms with Gasteiger partial charge in [0, 0.05) is 5.56 Å². The first-order valence-corrected chi connectivity index (χ1v) is 10.2. The monoisotopic (exact) mass is 393 g/mol. The average molecular weight is 393 g/mol. The molecule has 1 aromatic rings. The molecule has 1 aliphatic heterocycles. The zero-order chi connectivity index (χ0) is 20.4. The van der Waals surface area contributed by atoms with E-state index in [1.54, 1.807) is 12.1 Å². The van der Waals surface area contributed by atoms with Crippen molar-refractivity contribution in [3.8, 4) is 0 Å². The zero-order valence-electron chi connectivity index (χ0n) is 16.4. The topological polar surface area (TPSA) is 80.8 Å². The van der Waals surface area contributed by atoms with E-state index in [-0.39, 0.29) is 41.3 Å². The second kappa shape index (κ2) is 6.37. The number of rotatable bonds is 5. The smallest absolute Gasteiger partial charge is 0.329 e. The van der Waals surface area contributed by atoms with Crippen LogP contribution in [0.5, 0.6) is 0 Å². The summed E-state index contributed by atoms with van der Waals surface area (Å²) in [6.45, 7) is 3.01. The van der Waals surface area contributed by atoms with Crippen molar-refractivity contribution in [2.24, 2.45) is 35.5 Å². The molecule has 2 saturated carbocycles. The molecule has 4 aliphatic carbocycles. The quantitative estimate of drug-likeness (QED) is 0.331. The molecule has 6 nitrogen and oxygen atoms in total. The van der Waals surface area contributed by atoms with Gasteiger partial charge in [0.15, 0.2) is 12.4 Å². The Morgan fingerprint density at radius 3 is 2.14 bits per heavy atom. The predicted molar refractivity (Wildman–Crippen MR) is 102 cm³/mol. The van der Waals surface area contributed by atoms with Crippen molar-refractivity contribution in [1.29, 1.82) is 0 Å². The van der Waals surface area contributed by atoms with Crippen molar-refractivity contribution in [2.45, 2.75) is 26.3 Å². The van der Waals surface area contributed by atoms with Crippen LogP contribution >= 0.6 is 0 Å². The number of esters is 1. The molecule has 1 heterocycles. The molecular formula is C23H23NO5. The molecule has 6 rings (SSSR count). The number of nitrogens with zero attached hydrogens (tertiary/aromatic N) is 1. The van der Waals surface area contributed by atoms with Crippen LogP contribution in [0.4, 0.5) is 0 Å². The molecule has 0 N–H and O–H groups in total. The molecule has 0 spiro atoms. The third kappa shape index (κ3) is 2.69. The first-order chi connectivity index (χ1) is 13.9. The summed E-state index contributed by atoms with van der Waals surface area (Å²) in [6.07, 6.45) is 5.28. The summed E-state index contributed by atoms with van der Waals surface area (Å²) in [5.41, 5.74) is 1.48. The van der Waals surface area contributed by atoms with Gasteiger partial charge in [-0.25, -0.2) is 4.79 Å². The fourth-order valence-corrected chi connectivity index (χ4v) is 5.55. The Morgan fingerprint density at radius 2 is 1.59 bits per heavy atom. The van der Waals surface area contributed by atoms with E-state index in [1.807, 2.05) is 19.1 Å². The number of allylic oxidation sites excluding steroid dienone is 2. The van der Waals surface area contributed by atoms with E-state index < -0.39 is 18.6 Å². The number of Topliss-reactive ketones (excluding diaryl/α,β-unsaturated/α-hetero) is 1. The highest BCUT2D eigenvalue weighted by Crippen LogP contribution is 2.65. The van der Waals surface area contributed by atoms with Gasteiger partial charge in [-0.15, -0.1) is 0 Å². The third-order valence-electron chi connectivity index (χ3n) is 7.14. The van der Waals surface area contributed by atoms with Crippen LogP contribution in [0.3, 0.4) is 0 Å². The maximum Gasteiger partial charge on any atom is 0.329 e. The van der Waals surface area contributed by atoms with Crippen LogP contribution < -0.4 is 0 Å². The molecule has 150 valence electrons. The van der Waals surface area contributed by atoms with E-state index in [4.69, 9.17) is 4.74 Å². The van der Waals surface area contributed by atoms with Gasteiger partial charge < -0.3 is 4.74 Å². The molecule has 29 heavy (non-hydrogen) atoms. The van der Waals surface area contributed by atoms with Gasteiger partial charge in [0.25, 0.3) is 0 Å². The van der Waals surface area contributed by atoms with Gasteiger partial charge in [-0.1, -0.05) is 42.0 Å². The lowest BCUT2D eigenvalue weighted by molar-refractivity contribution is -0.157. The number of amides is 2. The molecule has 0 unspecified atom stereocenters. The van der Waals surface area contributed by atoms with Crippen molar-refractivity contribution < 1.29 is 23.9 Å². The van der Waals surface area contributed by atoms with Gasteiger partial charge in [-0.2, -0.15) is 0 Å². The summed E-state index contributed by atoms with van der Waals surface area (Å²) in [7, 11) is 0. The summed E-state index contributed by atoms with van der Waals surface area (Å²) in [5, 5.41) is 0. The second-order valence-electron chi connectivity index (χ2n) is 8.77. The highest BCUT2D eigenvalue weighted by molar-refractivity contribution is 6.09. The number of benzene rings is 1. The highest BCUT2D eigenvalue weighted by Gasteiger charge is 2.67. The number of carbonyl (C=O) groups is 4. The molecule has 3 fully saturated rings. The van der Waals surface area contributed by atoms with Crippen molar-refractivity contribution in [2.75, 3.05) is 6.61 Å². The van der Waals surface area contributed by atoms with E-state index in [2.05, 4.69) is 12.2 Å². The lowest BCUT2D eigenvalue weighted by Crippen LogP contribution is -2.45. The standard InChI is InChI=1S/C23H23NO5/c1-11-3-5-13(6-4-11)18(25)10-29-23(28)12(2)24-21(26)19-14-7-8-15(17-9-16(14)17)20(19)22(24)27/h3-8,12,14-17,19-20H,9-10H2,1-2H3/t12-,14+,15+,16+,17+,19-,20-/m0/s1. The van der Waals surface area contributed by atoms with Crippen LogP contribution in [0.15, 0.2) is 36.4 Å². The zero-order valence-corrected chi connectivity index (χ0v) is 16.4. The Kier molecular flexibility index (Phi) is 4.02. The number of hydrogen-bond donors (Lipinski definition) is 0. The van der Waals surface area contributed by atoms with Crippen molar-refractivity contribution in [1.82, 2.24) is 4.90 Å². The van der Waals surface area contributed by atoms with Gasteiger partial charge in [0.1, 0.15) is 6.04 Å². The van der Waals surface area contributed by atoms with Crippen LogP contribution in [0, 0.1) is 42.4 Å². The summed E-state index contributed by atoms with van der Waals surface area (Å²) < 4.78 is 5.16. The van der Waals surface area contributed by atoms with Gasteiger partial charge in [-0.3, -0.25) is 19.3 Å². The van der Waals surface area contributed by atoms with Gasteiger partial charge >= 0.3 is 5.97 Å². The summed E-state index contributed by atoms with van der Waals surface area (Å²) in [5.74, 6) is -1.01. The minimum absolute atomic E-state index is 0.114. The fraction of sp³-hybridized carbons (Fsp3) is 0.478. The van der Waals surface area contributed by atoms with Crippen molar-refractivity contribution >= 4 is 23.6 Å². The fourth-order valence-electron chi connectivity index (χ4n) is 5.55. The largest absolute Gasteiger partial charge is 0.456 e. The predicted octanol–water partition coefficient (Wildman–Crippen LogP) is 2.16. The lowest BCUT2D eigenvalue weighted by Gasteiger charge is -2.37. The molecule has 2 bridgehead atoms. The van der Waals surface area contributed by atoms with E-state index in [0.29, 0.717) is 17.4 Å². The van der Waals surface area contributed by atoms with Crippen LogP contribution in [-0.2, 0) is 19.1 Å². The molecule has 6 heteroatoms. The Bertz CT molecular complexity index is 913. The maximum absolute atomic E-state index is 13.0. The number of carbonyl (C=O) groups excluding carboxylic acids is 4. The third-order valence-corrected chi connectivity index (χ3v) is 7.14. The minimum atomic E-state index is -1.03. The van der Waals surface area contributed by atoms with Gasteiger partial charge in [0.2, 0.25) is 11.8 Å². The van der Waals surface area contributed by atoms with Crippen LogP contribution in [0.25, 0.3) is 0 Å². The molecule has 7 atom stereocenters. The first kappa shape index (κ1) is 18.3. The van der Waals surface area contributed by atoms with E-state index in [1.165, 1.54) is 6.92 Å². The lowest BCUT2D eigenvalue weighted by atomic mass is 9.63. The van der Waals surface area contributed by atoms with Crippen molar-refractivity contribution in [3.05, 3.63) is 47.5 Å². The van der Waals surface area contributed by atoms with E-state index >= 15 is 0 Å². The molecule has 2 amide bonds. The maximum atomic E-state index is 13.0. The summed E-state index contributed by atoms with van der Waals surface area (Å²) in [6, 6.07) is 5.96. The number of likely N-dealkylation sites (tertiary alicyclic amines) is 1. The SMILES string of the molecule is Cc1ccc(C(=O)COC(=O)[C@H](C)N2C(=O)[C@H]3[C@@H]4C=C[C@H]([C@H]5C[C@H]45)[C@@H]3C2=O)cc1. The highest BCUT2D eigenvalue weighted by atomic mass is 16.5. The van der Waals surface area contributed by atoms with E-state index in [9.17, 15) is 19.2 Å². The average Bonchev–Trinajstić information content (AvgIpc) is 3.49. The van der Waals surface area contributed by atoms with E-state index in [0.717, 1.165) is 16.9 Å². The summed E-state index contributed by atoms with van der Waals surface area (Å²) >= 11 is 0. The molecular weight excluding hydrogens is 370 g/mol. The molecule has 0 aromatic heterocycles. The van der Waals surface area contributed by atoms with Crippen LogP contribution in [-0.4, -0.2) is 41.1 Å². The first-order valence-electron chi connectivity index (χ1n) is 10.2. The van der Waals surface area contributed by atoms with Crippen LogP contribution in [0.2, 0.25) is 0 Å². The number of aryl methyl sites for hydroxylation is 1. The molecule has 0 radical (unpaired) electrons. The summed E-state index contributed by atoms with van der Waals surface area (Å²) in [4.78, 5) is 51.9. The number of ketones is 1. The number of ether oxygens (including phenoxy) is 1. The minimum Gasteiger partial charge on any atom is -0.456 e. The second-order valence-corrected chi connectivity index (χ2v) is 8.77. The van der Waals surface area contributed by atoms with Crippen LogP contribution in [0.1, 0.15) is 29.3 Å². The number of hydrogen-bond acceptors (Lipinski definition) is 5. The molecule has 1 saturated heterocycles. The molecule has 1 aromatic carbocycles. The van der Waals surface area contributed by atoms with Gasteiger partial charge in [0.05, 0.1) is 11.8 Å². The Balaban J connectivity index is 1.26. The van der Waals surface area contributed by atoms with Crippen molar-refractivity contribution in [3.63, 3.8) is 0 Å². The van der Waals surface area contributed by atoms with Gasteiger partial charge in [-0.05, 0) is 43.9 Å².